The summed E-state index contributed by atoms with van der Waals surface area (Å²) in [6.45, 7) is 5.71. The molecule has 0 heterocycles. The van der Waals surface area contributed by atoms with Crippen molar-refractivity contribution in [3.8, 4) is 0 Å². The van der Waals surface area contributed by atoms with Gasteiger partial charge in [-0.1, -0.05) is 73.2 Å². The Morgan fingerprint density at radius 2 is 1.47 bits per heavy atom. The molecule has 7 nitrogen and oxygen atoms in total. The Balaban J connectivity index is 1.97. The van der Waals surface area contributed by atoms with Crippen LogP contribution in [0.25, 0.3) is 0 Å². The van der Waals surface area contributed by atoms with Crippen LogP contribution in [0, 0.1) is 6.92 Å². The molecule has 1 atom stereocenters. The van der Waals surface area contributed by atoms with E-state index in [0.717, 1.165) is 21.9 Å². The van der Waals surface area contributed by atoms with E-state index in [1.54, 1.807) is 49.4 Å². The standard InChI is InChI=1S/C28H33N3O4S/c1-4-19-29-28(33)23(3)30(20-24-11-7-5-8-12-24)27(32)21-31(25-13-9-6-10-14-25)36(34,35)26-17-15-22(2)16-18-26/h5-18,23H,4,19-21H2,1-3H3,(H,29,33)/t23-/m1/s1. The average Bonchev–Trinajstić information content (AvgIpc) is 2.89. The lowest BCUT2D eigenvalue weighted by Gasteiger charge is -2.32. The topological polar surface area (TPSA) is 86.8 Å². The van der Waals surface area contributed by atoms with Gasteiger partial charge in [-0.25, -0.2) is 8.42 Å². The van der Waals surface area contributed by atoms with Gasteiger partial charge in [-0.2, -0.15) is 0 Å². The monoisotopic (exact) mass is 507 g/mol. The van der Waals surface area contributed by atoms with E-state index in [9.17, 15) is 18.0 Å². The second-order valence-electron chi connectivity index (χ2n) is 8.63. The number of benzene rings is 3. The number of carbonyl (C=O) groups excluding carboxylic acids is 2. The van der Waals surface area contributed by atoms with Gasteiger partial charge in [-0.3, -0.25) is 13.9 Å². The zero-order chi connectivity index (χ0) is 26.1. The summed E-state index contributed by atoms with van der Waals surface area (Å²) in [5.41, 5.74) is 2.14. The third kappa shape index (κ3) is 6.73. The van der Waals surface area contributed by atoms with E-state index in [2.05, 4.69) is 5.32 Å². The lowest BCUT2D eigenvalue weighted by atomic mass is 10.1. The van der Waals surface area contributed by atoms with E-state index in [1.807, 2.05) is 44.2 Å². The first kappa shape index (κ1) is 26.9. The third-order valence-electron chi connectivity index (χ3n) is 5.84. The van der Waals surface area contributed by atoms with Crippen LogP contribution < -0.4 is 9.62 Å². The molecule has 0 bridgehead atoms. The summed E-state index contributed by atoms with van der Waals surface area (Å²) in [5, 5.41) is 2.83. The molecule has 0 aliphatic heterocycles. The highest BCUT2D eigenvalue weighted by molar-refractivity contribution is 7.92. The Hall–Kier alpha value is -3.65. The van der Waals surface area contributed by atoms with Gasteiger partial charge < -0.3 is 10.2 Å². The molecule has 3 aromatic carbocycles. The molecule has 190 valence electrons. The van der Waals surface area contributed by atoms with Gasteiger partial charge in [0, 0.05) is 13.1 Å². The van der Waals surface area contributed by atoms with Crippen molar-refractivity contribution in [3.05, 3.63) is 96.1 Å². The molecule has 0 aliphatic carbocycles. The average molecular weight is 508 g/mol. The minimum atomic E-state index is -4.05. The number of sulfonamides is 1. The maximum absolute atomic E-state index is 13.7. The van der Waals surface area contributed by atoms with Crippen LogP contribution in [0.2, 0.25) is 0 Å². The van der Waals surface area contributed by atoms with Gasteiger partial charge in [0.15, 0.2) is 0 Å². The van der Waals surface area contributed by atoms with Crippen molar-refractivity contribution in [2.45, 2.75) is 44.7 Å². The van der Waals surface area contributed by atoms with Crippen LogP contribution in [0.4, 0.5) is 5.69 Å². The minimum Gasteiger partial charge on any atom is -0.354 e. The largest absolute Gasteiger partial charge is 0.354 e. The van der Waals surface area contributed by atoms with Gasteiger partial charge in [-0.15, -0.1) is 0 Å². The molecule has 2 amide bonds. The molecule has 36 heavy (non-hydrogen) atoms. The van der Waals surface area contributed by atoms with Crippen molar-refractivity contribution in [1.29, 1.82) is 0 Å². The van der Waals surface area contributed by atoms with Gasteiger partial charge in [0.2, 0.25) is 11.8 Å². The van der Waals surface area contributed by atoms with Crippen LogP contribution in [0.5, 0.6) is 0 Å². The molecule has 0 spiro atoms. The second-order valence-corrected chi connectivity index (χ2v) is 10.5. The molecule has 0 fully saturated rings. The van der Waals surface area contributed by atoms with Gasteiger partial charge in [0.1, 0.15) is 12.6 Å². The summed E-state index contributed by atoms with van der Waals surface area (Å²) in [6, 6.07) is 23.6. The number of hydrogen-bond acceptors (Lipinski definition) is 4. The molecule has 8 heteroatoms. The molecule has 0 saturated carbocycles. The fourth-order valence-corrected chi connectivity index (χ4v) is 5.13. The Morgan fingerprint density at radius 3 is 2.06 bits per heavy atom. The normalized spacial score (nSPS) is 12.0. The first-order chi connectivity index (χ1) is 17.2. The van der Waals surface area contributed by atoms with E-state index < -0.39 is 28.5 Å². The summed E-state index contributed by atoms with van der Waals surface area (Å²) >= 11 is 0. The number of anilines is 1. The highest BCUT2D eigenvalue weighted by Gasteiger charge is 2.32. The first-order valence-electron chi connectivity index (χ1n) is 12.0. The minimum absolute atomic E-state index is 0.0908. The number of aryl methyl sites for hydroxylation is 1. The quantitative estimate of drug-likeness (QED) is 0.423. The highest BCUT2D eigenvalue weighted by atomic mass is 32.2. The highest BCUT2D eigenvalue weighted by Crippen LogP contribution is 2.24. The molecular formula is C28H33N3O4S. The van der Waals surface area contributed by atoms with E-state index in [1.165, 1.54) is 17.0 Å². The van der Waals surface area contributed by atoms with Gasteiger partial charge >= 0.3 is 0 Å². The first-order valence-corrected chi connectivity index (χ1v) is 13.4. The predicted octanol–water partition coefficient (Wildman–Crippen LogP) is 4.13. The van der Waals surface area contributed by atoms with E-state index in [4.69, 9.17) is 0 Å². The fraction of sp³-hybridized carbons (Fsp3) is 0.286. The van der Waals surface area contributed by atoms with Gasteiger partial charge in [0.25, 0.3) is 10.0 Å². The van der Waals surface area contributed by atoms with E-state index in [0.29, 0.717) is 12.2 Å². The molecule has 0 aromatic heterocycles. The Labute approximate surface area is 213 Å². The molecule has 0 unspecified atom stereocenters. The summed E-state index contributed by atoms with van der Waals surface area (Å²) in [4.78, 5) is 28.1. The fourth-order valence-electron chi connectivity index (χ4n) is 3.72. The lowest BCUT2D eigenvalue weighted by molar-refractivity contribution is -0.139. The Bertz CT molecular complexity index is 1250. The number of para-hydroxylation sites is 1. The number of nitrogens with one attached hydrogen (secondary N) is 1. The second kappa shape index (κ2) is 12.4. The lowest BCUT2D eigenvalue weighted by Crippen LogP contribution is -2.51. The van der Waals surface area contributed by atoms with Gasteiger partial charge in [-0.05, 0) is 50.1 Å². The number of carbonyl (C=O) groups is 2. The maximum Gasteiger partial charge on any atom is 0.264 e. The van der Waals surface area contributed by atoms with Crippen LogP contribution in [-0.4, -0.2) is 44.3 Å². The number of hydrogen-bond donors (Lipinski definition) is 1. The molecule has 3 aromatic rings. The Morgan fingerprint density at radius 1 is 0.889 bits per heavy atom. The molecule has 0 radical (unpaired) electrons. The van der Waals surface area contributed by atoms with Crippen molar-refractivity contribution in [2.75, 3.05) is 17.4 Å². The predicted molar refractivity (Wildman–Crippen MR) is 142 cm³/mol. The van der Waals surface area contributed by atoms with Crippen LogP contribution in [-0.2, 0) is 26.2 Å². The number of nitrogens with zero attached hydrogens (tertiary/aromatic N) is 2. The zero-order valence-electron chi connectivity index (χ0n) is 20.9. The molecule has 0 saturated heterocycles. The summed E-state index contributed by atoms with van der Waals surface area (Å²) in [5.74, 6) is -0.758. The molecule has 3 rings (SSSR count). The van der Waals surface area contributed by atoms with Crippen molar-refractivity contribution < 1.29 is 18.0 Å². The van der Waals surface area contributed by atoms with Crippen LogP contribution in [0.1, 0.15) is 31.4 Å². The SMILES string of the molecule is CCCNC(=O)[C@@H](C)N(Cc1ccccc1)C(=O)CN(c1ccccc1)S(=O)(=O)c1ccc(C)cc1. The smallest absolute Gasteiger partial charge is 0.264 e. The van der Waals surface area contributed by atoms with Crippen LogP contribution in [0.3, 0.4) is 0 Å². The molecular weight excluding hydrogens is 474 g/mol. The van der Waals surface area contributed by atoms with Gasteiger partial charge in [0.05, 0.1) is 10.6 Å². The summed E-state index contributed by atoms with van der Waals surface area (Å²) < 4.78 is 28.5. The van der Waals surface area contributed by atoms with Crippen molar-refractivity contribution in [3.63, 3.8) is 0 Å². The Kier molecular flexibility index (Phi) is 9.25. The van der Waals surface area contributed by atoms with Crippen molar-refractivity contribution >= 4 is 27.5 Å². The maximum atomic E-state index is 13.7. The zero-order valence-corrected chi connectivity index (χ0v) is 21.7. The molecule has 0 aliphatic rings. The third-order valence-corrected chi connectivity index (χ3v) is 7.63. The summed E-state index contributed by atoms with van der Waals surface area (Å²) in [7, 11) is -4.05. The molecule has 1 N–H and O–H groups in total. The van der Waals surface area contributed by atoms with E-state index >= 15 is 0 Å². The van der Waals surface area contributed by atoms with Crippen LogP contribution in [0.15, 0.2) is 89.8 Å². The number of amides is 2. The number of rotatable bonds is 11. The van der Waals surface area contributed by atoms with Crippen molar-refractivity contribution in [1.82, 2.24) is 10.2 Å². The summed E-state index contributed by atoms with van der Waals surface area (Å²) in [6.07, 6.45) is 0.766. The van der Waals surface area contributed by atoms with E-state index in [-0.39, 0.29) is 17.3 Å². The van der Waals surface area contributed by atoms with Crippen LogP contribution >= 0.6 is 0 Å². The van der Waals surface area contributed by atoms with Crippen molar-refractivity contribution in [2.24, 2.45) is 0 Å².